The number of carbonyl (C=O) groups is 2. The zero-order chi connectivity index (χ0) is 16.2. The Balaban J connectivity index is 2.95. The minimum atomic E-state index is -0.749. The lowest BCUT2D eigenvalue weighted by Crippen LogP contribution is -2.49. The van der Waals surface area contributed by atoms with Gasteiger partial charge in [-0.1, -0.05) is 32.4 Å². The number of nitrogen functional groups attached to an aromatic ring is 1. The summed E-state index contributed by atoms with van der Waals surface area (Å²) in [6, 6.07) is 3.83. The van der Waals surface area contributed by atoms with Gasteiger partial charge in [-0.3, -0.25) is 4.79 Å². The Labute approximate surface area is 129 Å². The van der Waals surface area contributed by atoms with E-state index in [9.17, 15) is 9.59 Å². The lowest BCUT2D eigenvalue weighted by Gasteiger charge is -2.29. The summed E-state index contributed by atoms with van der Waals surface area (Å²) >= 11 is 5.90. The lowest BCUT2D eigenvalue weighted by atomic mass is 9.86. The monoisotopic (exact) mass is 312 g/mol. The van der Waals surface area contributed by atoms with E-state index in [4.69, 9.17) is 22.1 Å². The molecule has 5 nitrogen and oxygen atoms in total. The Hall–Kier alpha value is -1.75. The van der Waals surface area contributed by atoms with E-state index in [1.165, 1.54) is 6.07 Å². The van der Waals surface area contributed by atoms with Gasteiger partial charge in [0.25, 0.3) is 5.91 Å². The van der Waals surface area contributed by atoms with Gasteiger partial charge in [0, 0.05) is 5.56 Å². The number of anilines is 1. The number of benzene rings is 1. The standard InChI is InChI=1S/C15H21ClN2O3/c1-5-21-14(20)12(15(2,3)4)18-13(19)9-6-7-11(17)10(16)8-9/h6-8,12H,5,17H2,1-4H3,(H,18,19)/t12-/m1/s1. The van der Waals surface area contributed by atoms with Crippen LogP contribution < -0.4 is 11.1 Å². The van der Waals surface area contributed by atoms with Crippen molar-refractivity contribution in [1.29, 1.82) is 0 Å². The summed E-state index contributed by atoms with van der Waals surface area (Å²) in [5.74, 6) is -0.857. The van der Waals surface area contributed by atoms with Gasteiger partial charge in [-0.2, -0.15) is 0 Å². The molecule has 0 heterocycles. The highest BCUT2D eigenvalue weighted by atomic mass is 35.5. The number of amides is 1. The van der Waals surface area contributed by atoms with Crippen LogP contribution in [0.25, 0.3) is 0 Å². The van der Waals surface area contributed by atoms with Crippen molar-refractivity contribution in [3.8, 4) is 0 Å². The van der Waals surface area contributed by atoms with Gasteiger partial charge in [-0.25, -0.2) is 4.79 Å². The van der Waals surface area contributed by atoms with Crippen molar-refractivity contribution in [2.45, 2.75) is 33.7 Å². The number of hydrogen-bond acceptors (Lipinski definition) is 4. The van der Waals surface area contributed by atoms with E-state index in [1.807, 2.05) is 20.8 Å². The zero-order valence-electron chi connectivity index (χ0n) is 12.7. The Kier molecular flexibility index (Phi) is 5.61. The lowest BCUT2D eigenvalue weighted by molar-refractivity contribution is -0.148. The summed E-state index contributed by atoms with van der Waals surface area (Å²) in [5.41, 5.74) is 5.87. The molecule has 3 N–H and O–H groups in total. The third-order valence-corrected chi connectivity index (χ3v) is 3.25. The number of rotatable bonds is 4. The van der Waals surface area contributed by atoms with Crippen LogP contribution in [0.3, 0.4) is 0 Å². The van der Waals surface area contributed by atoms with E-state index >= 15 is 0 Å². The molecule has 116 valence electrons. The highest BCUT2D eigenvalue weighted by Crippen LogP contribution is 2.23. The molecule has 0 bridgehead atoms. The average molecular weight is 313 g/mol. The molecule has 0 aromatic heterocycles. The van der Waals surface area contributed by atoms with Crippen molar-refractivity contribution < 1.29 is 14.3 Å². The van der Waals surface area contributed by atoms with Gasteiger partial charge < -0.3 is 15.8 Å². The van der Waals surface area contributed by atoms with Crippen LogP contribution in [0, 0.1) is 5.41 Å². The van der Waals surface area contributed by atoms with Crippen LogP contribution in [-0.4, -0.2) is 24.5 Å². The molecule has 1 rings (SSSR count). The molecule has 6 heteroatoms. The van der Waals surface area contributed by atoms with Crippen molar-refractivity contribution in [3.05, 3.63) is 28.8 Å². The fourth-order valence-corrected chi connectivity index (χ4v) is 1.92. The largest absolute Gasteiger partial charge is 0.464 e. The van der Waals surface area contributed by atoms with Crippen LogP contribution in [0.5, 0.6) is 0 Å². The molecule has 0 radical (unpaired) electrons. The first-order valence-corrected chi connectivity index (χ1v) is 7.07. The molecule has 1 atom stereocenters. The molecule has 0 aliphatic rings. The third-order valence-electron chi connectivity index (χ3n) is 2.93. The van der Waals surface area contributed by atoms with E-state index in [0.29, 0.717) is 16.3 Å². The number of nitrogens with two attached hydrogens (primary N) is 1. The first-order chi connectivity index (χ1) is 9.66. The topological polar surface area (TPSA) is 81.4 Å². The molecule has 1 aromatic carbocycles. The van der Waals surface area contributed by atoms with Crippen molar-refractivity contribution in [1.82, 2.24) is 5.32 Å². The smallest absolute Gasteiger partial charge is 0.329 e. The molecule has 1 amide bonds. The van der Waals surface area contributed by atoms with E-state index in [0.717, 1.165) is 0 Å². The molecule has 0 aliphatic carbocycles. The van der Waals surface area contributed by atoms with E-state index < -0.39 is 23.3 Å². The van der Waals surface area contributed by atoms with E-state index in [2.05, 4.69) is 5.32 Å². The van der Waals surface area contributed by atoms with Crippen molar-refractivity contribution in [2.24, 2.45) is 5.41 Å². The van der Waals surface area contributed by atoms with Gasteiger partial charge in [-0.15, -0.1) is 0 Å². The summed E-state index contributed by atoms with van der Waals surface area (Å²) in [7, 11) is 0. The minimum Gasteiger partial charge on any atom is -0.464 e. The maximum Gasteiger partial charge on any atom is 0.329 e. The molecule has 0 aliphatic heterocycles. The minimum absolute atomic E-state index is 0.259. The van der Waals surface area contributed by atoms with E-state index in [-0.39, 0.29) is 6.61 Å². The molecular formula is C15H21ClN2O3. The number of esters is 1. The van der Waals surface area contributed by atoms with Gasteiger partial charge in [0.2, 0.25) is 0 Å². The summed E-state index contributed by atoms with van der Waals surface area (Å²) in [6.45, 7) is 7.54. The maximum atomic E-state index is 12.3. The SMILES string of the molecule is CCOC(=O)[C@@H](NC(=O)c1ccc(N)c(Cl)c1)C(C)(C)C. The predicted molar refractivity (Wildman–Crippen MR) is 83.2 cm³/mol. The highest BCUT2D eigenvalue weighted by Gasteiger charge is 2.34. The maximum absolute atomic E-state index is 12.3. The second-order valence-electron chi connectivity index (χ2n) is 5.76. The summed E-state index contributed by atoms with van der Waals surface area (Å²) < 4.78 is 5.01. The molecule has 0 spiro atoms. The average Bonchev–Trinajstić information content (AvgIpc) is 2.37. The second kappa shape index (κ2) is 6.80. The first kappa shape index (κ1) is 17.3. The van der Waals surface area contributed by atoms with Gasteiger partial charge >= 0.3 is 5.97 Å². The second-order valence-corrected chi connectivity index (χ2v) is 6.17. The van der Waals surface area contributed by atoms with Gasteiger partial charge in [-0.05, 0) is 30.5 Å². The van der Waals surface area contributed by atoms with Crippen LogP contribution in [0.2, 0.25) is 5.02 Å². The quantitative estimate of drug-likeness (QED) is 0.661. The molecule has 1 aromatic rings. The number of nitrogens with one attached hydrogen (secondary N) is 1. The van der Waals surface area contributed by atoms with Crippen molar-refractivity contribution in [3.63, 3.8) is 0 Å². The van der Waals surface area contributed by atoms with Crippen LogP contribution in [0.1, 0.15) is 38.1 Å². The summed E-state index contributed by atoms with van der Waals surface area (Å²) in [4.78, 5) is 24.3. The fourth-order valence-electron chi connectivity index (χ4n) is 1.74. The van der Waals surface area contributed by atoms with Crippen LogP contribution >= 0.6 is 11.6 Å². The Bertz CT molecular complexity index is 538. The van der Waals surface area contributed by atoms with E-state index in [1.54, 1.807) is 19.1 Å². The zero-order valence-corrected chi connectivity index (χ0v) is 13.5. The molecule has 0 saturated carbocycles. The molecular weight excluding hydrogens is 292 g/mol. The number of carbonyl (C=O) groups excluding carboxylic acids is 2. The predicted octanol–water partition coefficient (Wildman–Crippen LogP) is 2.63. The number of ether oxygens (including phenoxy) is 1. The van der Waals surface area contributed by atoms with Crippen LogP contribution in [0.4, 0.5) is 5.69 Å². The summed E-state index contributed by atoms with van der Waals surface area (Å²) in [5, 5.41) is 2.99. The van der Waals surface area contributed by atoms with Gasteiger partial charge in [0.1, 0.15) is 6.04 Å². The van der Waals surface area contributed by atoms with Crippen LogP contribution in [0.15, 0.2) is 18.2 Å². The third kappa shape index (κ3) is 4.63. The number of hydrogen-bond donors (Lipinski definition) is 2. The molecule has 21 heavy (non-hydrogen) atoms. The molecule has 0 unspecified atom stereocenters. The Morgan fingerprint density at radius 3 is 2.48 bits per heavy atom. The molecule has 0 saturated heterocycles. The van der Waals surface area contributed by atoms with Crippen molar-refractivity contribution >= 4 is 29.2 Å². The Morgan fingerprint density at radius 2 is 2.00 bits per heavy atom. The fraction of sp³-hybridized carbons (Fsp3) is 0.467. The number of halogens is 1. The summed E-state index contributed by atoms with van der Waals surface area (Å²) in [6.07, 6.45) is 0. The Morgan fingerprint density at radius 1 is 1.38 bits per heavy atom. The van der Waals surface area contributed by atoms with Crippen LogP contribution in [-0.2, 0) is 9.53 Å². The van der Waals surface area contributed by atoms with Crippen molar-refractivity contribution in [2.75, 3.05) is 12.3 Å². The molecule has 0 fully saturated rings. The highest BCUT2D eigenvalue weighted by molar-refractivity contribution is 6.33. The van der Waals surface area contributed by atoms with Gasteiger partial charge in [0.05, 0.1) is 17.3 Å². The normalized spacial score (nSPS) is 12.6. The first-order valence-electron chi connectivity index (χ1n) is 6.69. The van der Waals surface area contributed by atoms with Gasteiger partial charge in [0.15, 0.2) is 0 Å².